The van der Waals surface area contributed by atoms with E-state index in [1.165, 1.54) is 11.1 Å². The number of rotatable bonds is 4. The van der Waals surface area contributed by atoms with Gasteiger partial charge in [0.05, 0.1) is 11.4 Å². The Bertz CT molecular complexity index is 444. The van der Waals surface area contributed by atoms with E-state index in [1.54, 1.807) is 13.8 Å². The van der Waals surface area contributed by atoms with Crippen LogP contribution in [0.3, 0.4) is 0 Å². The van der Waals surface area contributed by atoms with Gasteiger partial charge in [-0.1, -0.05) is 45.9 Å². The molecule has 0 aromatic heterocycles. The lowest BCUT2D eigenvalue weighted by Gasteiger charge is -2.16. The van der Waals surface area contributed by atoms with Gasteiger partial charge in [0.1, 0.15) is 0 Å². The van der Waals surface area contributed by atoms with E-state index in [0.29, 0.717) is 17.5 Å². The number of nitrogens with zero attached hydrogens (tertiary/aromatic N) is 1. The second kappa shape index (κ2) is 5.94. The number of aliphatic imine (C=N–C) groups is 1. The Morgan fingerprint density at radius 3 is 1.78 bits per heavy atom. The van der Waals surface area contributed by atoms with Gasteiger partial charge in [-0.05, 0) is 29.9 Å². The van der Waals surface area contributed by atoms with E-state index >= 15 is 0 Å². The predicted molar refractivity (Wildman–Crippen MR) is 78.1 cm³/mol. The average Bonchev–Trinajstić information content (AvgIpc) is 2.28. The molecule has 0 aliphatic carbocycles. The fraction of sp³-hybridized carbons (Fsp3) is 0.500. The Hall–Kier alpha value is -1.44. The molecule has 1 rings (SSSR count). The predicted octanol–water partition coefficient (Wildman–Crippen LogP) is 4.61. The summed E-state index contributed by atoms with van der Waals surface area (Å²) in [5.41, 5.74) is 3.98. The minimum absolute atomic E-state index is 0.0308. The highest BCUT2D eigenvalue weighted by molar-refractivity contribution is 6.38. The summed E-state index contributed by atoms with van der Waals surface area (Å²) in [5.74, 6) is 0.840. The van der Waals surface area contributed by atoms with Gasteiger partial charge in [-0.2, -0.15) is 0 Å². The van der Waals surface area contributed by atoms with Gasteiger partial charge >= 0.3 is 0 Å². The van der Waals surface area contributed by atoms with Gasteiger partial charge in [-0.25, -0.2) is 4.99 Å². The van der Waals surface area contributed by atoms with Crippen LogP contribution in [-0.2, 0) is 4.79 Å². The first kappa shape index (κ1) is 14.6. The Morgan fingerprint density at radius 1 is 1.00 bits per heavy atom. The fourth-order valence-corrected chi connectivity index (χ4v) is 1.89. The maximum atomic E-state index is 11.4. The Labute approximate surface area is 110 Å². The van der Waals surface area contributed by atoms with Crippen LogP contribution < -0.4 is 0 Å². The van der Waals surface area contributed by atoms with Crippen LogP contribution in [0.1, 0.15) is 64.5 Å². The smallest absolute Gasteiger partial charge is 0.173 e. The van der Waals surface area contributed by atoms with E-state index in [0.717, 1.165) is 5.69 Å². The molecule has 0 aliphatic heterocycles. The molecular formula is C16H23NO. The summed E-state index contributed by atoms with van der Waals surface area (Å²) in [4.78, 5) is 15.9. The third kappa shape index (κ3) is 3.28. The number of hydrogen-bond donors (Lipinski definition) is 0. The molecule has 0 radical (unpaired) electrons. The van der Waals surface area contributed by atoms with Crippen molar-refractivity contribution in [1.82, 2.24) is 0 Å². The molecule has 0 aliphatic rings. The van der Waals surface area contributed by atoms with Crippen LogP contribution >= 0.6 is 0 Å². The van der Waals surface area contributed by atoms with Crippen molar-refractivity contribution in [2.75, 3.05) is 0 Å². The van der Waals surface area contributed by atoms with E-state index < -0.39 is 0 Å². The minimum Gasteiger partial charge on any atom is -0.293 e. The third-order valence-electron chi connectivity index (χ3n) is 3.13. The van der Waals surface area contributed by atoms with Crippen LogP contribution in [0.15, 0.2) is 23.2 Å². The summed E-state index contributed by atoms with van der Waals surface area (Å²) < 4.78 is 0. The molecule has 0 atom stereocenters. The summed E-state index contributed by atoms with van der Waals surface area (Å²) in [7, 11) is 0. The van der Waals surface area contributed by atoms with Crippen molar-refractivity contribution in [1.29, 1.82) is 0 Å². The van der Waals surface area contributed by atoms with E-state index in [4.69, 9.17) is 0 Å². The molecule has 2 nitrogen and oxygen atoms in total. The maximum absolute atomic E-state index is 11.4. The van der Waals surface area contributed by atoms with Crippen LogP contribution in [0.2, 0.25) is 0 Å². The van der Waals surface area contributed by atoms with Gasteiger partial charge in [-0.3, -0.25) is 4.79 Å². The molecule has 0 amide bonds. The van der Waals surface area contributed by atoms with Crippen molar-refractivity contribution in [3.05, 3.63) is 29.3 Å². The van der Waals surface area contributed by atoms with E-state index in [2.05, 4.69) is 50.9 Å². The van der Waals surface area contributed by atoms with Crippen LogP contribution in [0.25, 0.3) is 0 Å². The number of carbonyl (C=O) groups excluding carboxylic acids is 1. The first-order valence-corrected chi connectivity index (χ1v) is 6.53. The molecular weight excluding hydrogens is 222 g/mol. The zero-order valence-electron chi connectivity index (χ0n) is 12.2. The molecule has 1 aromatic carbocycles. The summed E-state index contributed by atoms with van der Waals surface area (Å²) in [6, 6.07) is 6.28. The standard InChI is InChI=1S/C16H23NO/c1-10(2)14-8-7-9-15(11(3)4)16(14)17-12(5)13(6)18/h7-11H,1-6H3. The van der Waals surface area contributed by atoms with E-state index in [-0.39, 0.29) is 5.78 Å². The normalized spacial score (nSPS) is 12.3. The number of hydrogen-bond acceptors (Lipinski definition) is 2. The molecule has 0 N–H and O–H groups in total. The number of benzene rings is 1. The molecule has 0 heterocycles. The molecule has 0 unspecified atom stereocenters. The largest absolute Gasteiger partial charge is 0.293 e. The molecule has 0 bridgehead atoms. The van der Waals surface area contributed by atoms with Crippen molar-refractivity contribution in [3.8, 4) is 0 Å². The van der Waals surface area contributed by atoms with Gasteiger partial charge < -0.3 is 0 Å². The van der Waals surface area contributed by atoms with Crippen molar-refractivity contribution in [2.24, 2.45) is 4.99 Å². The molecule has 18 heavy (non-hydrogen) atoms. The van der Waals surface area contributed by atoms with Gasteiger partial charge in [-0.15, -0.1) is 0 Å². The summed E-state index contributed by atoms with van der Waals surface area (Å²) in [5, 5.41) is 0. The second-order valence-corrected chi connectivity index (χ2v) is 5.35. The lowest BCUT2D eigenvalue weighted by Crippen LogP contribution is -2.05. The monoisotopic (exact) mass is 245 g/mol. The topological polar surface area (TPSA) is 29.4 Å². The first-order valence-electron chi connectivity index (χ1n) is 6.53. The first-order chi connectivity index (χ1) is 8.34. The summed E-state index contributed by atoms with van der Waals surface area (Å²) in [6.45, 7) is 12.0. The number of Topliss-reactive ketones (excluding diaryl/α,β-unsaturated/α-hetero) is 1. The van der Waals surface area contributed by atoms with Gasteiger partial charge in [0.2, 0.25) is 0 Å². The van der Waals surface area contributed by atoms with E-state index in [9.17, 15) is 4.79 Å². The molecule has 98 valence electrons. The van der Waals surface area contributed by atoms with Gasteiger partial charge in [0.25, 0.3) is 0 Å². The van der Waals surface area contributed by atoms with Crippen molar-refractivity contribution in [2.45, 2.75) is 53.4 Å². The Balaban J connectivity index is 3.45. The van der Waals surface area contributed by atoms with Crippen LogP contribution in [0.4, 0.5) is 5.69 Å². The lowest BCUT2D eigenvalue weighted by molar-refractivity contribution is -0.111. The van der Waals surface area contributed by atoms with Crippen molar-refractivity contribution >= 4 is 17.2 Å². The summed E-state index contributed by atoms with van der Waals surface area (Å²) in [6.07, 6.45) is 0. The Kier molecular flexibility index (Phi) is 4.83. The quantitative estimate of drug-likeness (QED) is 0.712. The molecule has 1 aromatic rings. The van der Waals surface area contributed by atoms with Crippen molar-refractivity contribution < 1.29 is 4.79 Å². The molecule has 0 saturated carbocycles. The zero-order chi connectivity index (χ0) is 13.9. The lowest BCUT2D eigenvalue weighted by atomic mass is 9.93. The number of carbonyl (C=O) groups is 1. The highest BCUT2D eigenvalue weighted by atomic mass is 16.1. The van der Waals surface area contributed by atoms with Crippen LogP contribution in [0, 0.1) is 0 Å². The second-order valence-electron chi connectivity index (χ2n) is 5.35. The summed E-state index contributed by atoms with van der Waals surface area (Å²) >= 11 is 0. The molecule has 2 heteroatoms. The molecule has 0 fully saturated rings. The number of para-hydroxylation sites is 1. The number of ketones is 1. The van der Waals surface area contributed by atoms with Gasteiger partial charge in [0.15, 0.2) is 5.78 Å². The highest BCUT2D eigenvalue weighted by Gasteiger charge is 2.13. The van der Waals surface area contributed by atoms with Crippen LogP contribution in [-0.4, -0.2) is 11.5 Å². The van der Waals surface area contributed by atoms with Gasteiger partial charge in [0, 0.05) is 6.92 Å². The molecule has 0 spiro atoms. The zero-order valence-corrected chi connectivity index (χ0v) is 12.2. The maximum Gasteiger partial charge on any atom is 0.173 e. The fourth-order valence-electron chi connectivity index (χ4n) is 1.89. The SMILES string of the molecule is CC(=O)C(C)=Nc1c(C(C)C)cccc1C(C)C. The van der Waals surface area contributed by atoms with Crippen molar-refractivity contribution in [3.63, 3.8) is 0 Å². The Morgan fingerprint density at radius 2 is 1.44 bits per heavy atom. The third-order valence-corrected chi connectivity index (χ3v) is 3.13. The van der Waals surface area contributed by atoms with Crippen LogP contribution in [0.5, 0.6) is 0 Å². The average molecular weight is 245 g/mol. The minimum atomic E-state index is 0.0308. The highest BCUT2D eigenvalue weighted by Crippen LogP contribution is 2.34. The van der Waals surface area contributed by atoms with E-state index in [1.807, 2.05) is 0 Å². The molecule has 0 saturated heterocycles.